The van der Waals surface area contributed by atoms with Crippen LogP contribution in [0.25, 0.3) is 0 Å². The fourth-order valence-electron chi connectivity index (χ4n) is 10.6. The lowest BCUT2D eigenvalue weighted by Crippen LogP contribution is -2.55. The van der Waals surface area contributed by atoms with Gasteiger partial charge in [-0.2, -0.15) is 0 Å². The number of fused-ring (bicyclic) bond motifs is 5. The quantitative estimate of drug-likeness (QED) is 0.222. The zero-order chi connectivity index (χ0) is 28.2. The molecule has 5 heteroatoms. The van der Waals surface area contributed by atoms with E-state index in [-0.39, 0.29) is 0 Å². The molecule has 5 nitrogen and oxygen atoms in total. The predicted molar refractivity (Wildman–Crippen MR) is 163 cm³/mol. The predicted octanol–water partition coefficient (Wildman–Crippen LogP) is 7.46. The highest BCUT2D eigenvalue weighted by Crippen LogP contribution is 2.68. The van der Waals surface area contributed by atoms with Crippen LogP contribution in [0.15, 0.2) is 24.4 Å². The summed E-state index contributed by atoms with van der Waals surface area (Å²) in [4.78, 5) is 15.4. The molecule has 9 atom stereocenters. The molecule has 4 saturated carbocycles. The smallest absolute Gasteiger partial charge is 0.303 e. The second kappa shape index (κ2) is 13.2. The lowest BCUT2D eigenvalue weighted by Gasteiger charge is -2.61. The number of nitrogens with one attached hydrogen (secondary N) is 2. The molecule has 1 heterocycles. The van der Waals surface area contributed by atoms with Crippen molar-refractivity contribution in [2.24, 2.45) is 46.3 Å². The molecule has 0 amide bonds. The Labute approximate surface area is 244 Å². The highest BCUT2D eigenvalue weighted by molar-refractivity contribution is 5.66. The van der Waals surface area contributed by atoms with Crippen molar-refractivity contribution < 1.29 is 9.90 Å². The summed E-state index contributed by atoms with van der Waals surface area (Å²) in [5.41, 5.74) is 2.15. The van der Waals surface area contributed by atoms with Gasteiger partial charge in [-0.05, 0) is 155 Å². The normalized spacial score (nSPS) is 37.8. The molecule has 0 bridgehead atoms. The number of carboxylic acids is 1. The van der Waals surface area contributed by atoms with Crippen LogP contribution in [-0.4, -0.2) is 35.2 Å². The maximum absolute atomic E-state index is 11.0. The molecule has 224 valence electrons. The summed E-state index contributed by atoms with van der Waals surface area (Å²) in [7, 11) is 0. The van der Waals surface area contributed by atoms with E-state index in [1.807, 2.05) is 12.3 Å². The molecule has 5 unspecified atom stereocenters. The van der Waals surface area contributed by atoms with Crippen molar-refractivity contribution in [1.82, 2.24) is 15.6 Å². The van der Waals surface area contributed by atoms with Crippen LogP contribution < -0.4 is 10.6 Å². The molecule has 0 aromatic carbocycles. The number of aromatic nitrogens is 1. The van der Waals surface area contributed by atoms with Gasteiger partial charge in [0.1, 0.15) is 0 Å². The zero-order valence-corrected chi connectivity index (χ0v) is 25.7. The van der Waals surface area contributed by atoms with E-state index in [4.69, 9.17) is 5.11 Å². The number of aliphatic carboxylic acids is 1. The van der Waals surface area contributed by atoms with Gasteiger partial charge in [0.2, 0.25) is 0 Å². The number of hydrogen-bond acceptors (Lipinski definition) is 4. The van der Waals surface area contributed by atoms with Crippen molar-refractivity contribution in [3.8, 4) is 0 Å². The number of pyridine rings is 1. The van der Waals surface area contributed by atoms with Crippen molar-refractivity contribution in [3.63, 3.8) is 0 Å². The summed E-state index contributed by atoms with van der Waals surface area (Å²) >= 11 is 0. The molecule has 1 aromatic rings. The van der Waals surface area contributed by atoms with E-state index in [1.54, 1.807) is 0 Å². The van der Waals surface area contributed by atoms with Gasteiger partial charge < -0.3 is 15.7 Å². The SMILES string of the molecule is C[C@H](CCCC(=O)O)C1CCC2C3CCC4C[C@@H](NCCCCNCc5ccccn5)CC[C@]4(C)C3CC[C@@]21C. The maximum Gasteiger partial charge on any atom is 0.303 e. The van der Waals surface area contributed by atoms with Crippen molar-refractivity contribution in [2.45, 2.75) is 123 Å². The average Bonchev–Trinajstić information content (AvgIpc) is 3.30. The minimum Gasteiger partial charge on any atom is -0.481 e. The van der Waals surface area contributed by atoms with Crippen LogP contribution in [0.1, 0.15) is 116 Å². The molecule has 4 aliphatic rings. The summed E-state index contributed by atoms with van der Waals surface area (Å²) in [6, 6.07) is 6.83. The Kier molecular flexibility index (Phi) is 9.93. The number of nitrogens with zero attached hydrogens (tertiary/aromatic N) is 1. The molecule has 0 radical (unpaired) electrons. The summed E-state index contributed by atoms with van der Waals surface area (Å²) in [6.45, 7) is 10.8. The lowest BCUT2D eigenvalue weighted by atomic mass is 9.44. The van der Waals surface area contributed by atoms with E-state index in [0.29, 0.717) is 29.2 Å². The van der Waals surface area contributed by atoms with Gasteiger partial charge in [0.05, 0.1) is 5.69 Å². The Morgan fingerprint density at radius 3 is 2.60 bits per heavy atom. The van der Waals surface area contributed by atoms with Crippen LogP contribution in [0.5, 0.6) is 0 Å². The second-order valence-electron chi connectivity index (χ2n) is 14.8. The van der Waals surface area contributed by atoms with Crippen LogP contribution in [-0.2, 0) is 11.3 Å². The fraction of sp³-hybridized carbons (Fsp3) is 0.829. The van der Waals surface area contributed by atoms with E-state index in [1.165, 1.54) is 70.6 Å². The summed E-state index contributed by atoms with van der Waals surface area (Å²) in [5.74, 6) is 4.48. The van der Waals surface area contributed by atoms with Gasteiger partial charge in [-0.3, -0.25) is 9.78 Å². The number of hydrogen-bond donors (Lipinski definition) is 3. The van der Waals surface area contributed by atoms with Crippen molar-refractivity contribution in [3.05, 3.63) is 30.1 Å². The van der Waals surface area contributed by atoms with Crippen molar-refractivity contribution in [2.75, 3.05) is 13.1 Å². The first-order valence-electron chi connectivity index (χ1n) is 16.9. The summed E-state index contributed by atoms with van der Waals surface area (Å²) in [6.07, 6.45) is 19.3. The van der Waals surface area contributed by atoms with Crippen molar-refractivity contribution in [1.29, 1.82) is 0 Å². The Balaban J connectivity index is 1.06. The molecule has 40 heavy (non-hydrogen) atoms. The van der Waals surface area contributed by atoms with E-state index in [0.717, 1.165) is 67.8 Å². The van der Waals surface area contributed by atoms with Gasteiger partial charge in [0, 0.05) is 25.2 Å². The molecule has 0 spiro atoms. The molecule has 4 aliphatic carbocycles. The largest absolute Gasteiger partial charge is 0.481 e. The average molecular weight is 552 g/mol. The third-order valence-corrected chi connectivity index (χ3v) is 12.7. The van der Waals surface area contributed by atoms with E-state index < -0.39 is 5.97 Å². The Hall–Kier alpha value is -1.46. The fourth-order valence-corrected chi connectivity index (χ4v) is 10.6. The first kappa shape index (κ1) is 30.0. The molecular weight excluding hydrogens is 494 g/mol. The summed E-state index contributed by atoms with van der Waals surface area (Å²) < 4.78 is 0. The second-order valence-corrected chi connectivity index (χ2v) is 14.8. The number of unbranched alkanes of at least 4 members (excludes halogenated alkanes) is 1. The lowest BCUT2D eigenvalue weighted by molar-refractivity contribution is -0.137. The van der Waals surface area contributed by atoms with Gasteiger partial charge in [0.15, 0.2) is 0 Å². The van der Waals surface area contributed by atoms with Gasteiger partial charge >= 0.3 is 5.97 Å². The van der Waals surface area contributed by atoms with E-state index in [9.17, 15) is 4.79 Å². The summed E-state index contributed by atoms with van der Waals surface area (Å²) in [5, 5.41) is 16.6. The van der Waals surface area contributed by atoms with Crippen LogP contribution >= 0.6 is 0 Å². The number of carbonyl (C=O) groups is 1. The van der Waals surface area contributed by atoms with Gasteiger partial charge in [-0.1, -0.05) is 26.8 Å². The highest BCUT2D eigenvalue weighted by atomic mass is 16.4. The Bertz CT molecular complexity index is 955. The third-order valence-electron chi connectivity index (χ3n) is 12.7. The monoisotopic (exact) mass is 551 g/mol. The zero-order valence-electron chi connectivity index (χ0n) is 25.7. The number of carboxylic acid groups (broad SMARTS) is 1. The molecule has 0 aliphatic heterocycles. The standard InChI is InChI=1S/C35H57N3O2/c1-25(9-8-11-33(39)40)30-14-15-31-29-13-12-26-23-27(16-18-34(26,2)32(29)17-19-35(30,31)3)37-22-7-6-20-36-24-28-10-4-5-21-38-28/h4-5,10,21,25-27,29-32,36-37H,6-9,11-20,22-24H2,1-3H3,(H,39,40)/t25-,26?,27+,29?,30?,31?,32?,34+,35-/m1/s1. The molecule has 3 N–H and O–H groups in total. The van der Waals surface area contributed by atoms with E-state index >= 15 is 0 Å². The number of rotatable bonds is 13. The van der Waals surface area contributed by atoms with Crippen LogP contribution in [0.4, 0.5) is 0 Å². The van der Waals surface area contributed by atoms with Crippen molar-refractivity contribution >= 4 is 5.97 Å². The van der Waals surface area contributed by atoms with Crippen LogP contribution in [0, 0.1) is 46.3 Å². The Morgan fingerprint density at radius 2 is 1.80 bits per heavy atom. The molecule has 1 aromatic heterocycles. The van der Waals surface area contributed by atoms with Gasteiger partial charge in [0.25, 0.3) is 0 Å². The van der Waals surface area contributed by atoms with Gasteiger partial charge in [-0.25, -0.2) is 0 Å². The highest BCUT2D eigenvalue weighted by Gasteiger charge is 2.60. The topological polar surface area (TPSA) is 74.2 Å². The minimum atomic E-state index is -0.636. The van der Waals surface area contributed by atoms with Crippen LogP contribution in [0.3, 0.4) is 0 Å². The minimum absolute atomic E-state index is 0.335. The Morgan fingerprint density at radius 1 is 1.00 bits per heavy atom. The van der Waals surface area contributed by atoms with Crippen LogP contribution in [0.2, 0.25) is 0 Å². The van der Waals surface area contributed by atoms with Gasteiger partial charge in [-0.15, -0.1) is 0 Å². The molecular formula is C35H57N3O2. The first-order valence-corrected chi connectivity index (χ1v) is 16.9. The van der Waals surface area contributed by atoms with E-state index in [2.05, 4.69) is 48.5 Å². The molecule has 0 saturated heterocycles. The first-order chi connectivity index (χ1) is 19.3. The molecule has 4 fully saturated rings. The third kappa shape index (κ3) is 6.46. The maximum atomic E-state index is 11.0. The molecule has 5 rings (SSSR count).